The summed E-state index contributed by atoms with van der Waals surface area (Å²) in [5, 5.41) is 9.54. The molecule has 0 heterocycles. The maximum Gasteiger partial charge on any atom is 0.339 e. The van der Waals surface area contributed by atoms with Gasteiger partial charge in [-0.3, -0.25) is 0 Å². The van der Waals surface area contributed by atoms with E-state index in [0.29, 0.717) is 0 Å². The van der Waals surface area contributed by atoms with Crippen molar-refractivity contribution in [2.24, 2.45) is 0 Å². The monoisotopic (exact) mass is 216 g/mol. The molecule has 4 nitrogen and oxygen atoms in total. The summed E-state index contributed by atoms with van der Waals surface area (Å²) in [6, 6.07) is 2.55. The molecule has 0 fully saturated rings. The van der Waals surface area contributed by atoms with Crippen molar-refractivity contribution in [2.75, 3.05) is 14.2 Å². The maximum absolute atomic E-state index is 11.1. The molecule has 0 saturated heterocycles. The van der Waals surface area contributed by atoms with Gasteiger partial charge in [-0.15, -0.1) is 0 Å². The minimum atomic E-state index is -0.604. The molecule has 0 aliphatic carbocycles. The van der Waals surface area contributed by atoms with Gasteiger partial charge in [-0.05, 0) is 6.07 Å². The summed E-state index contributed by atoms with van der Waals surface area (Å²) >= 11 is 5.76. The van der Waals surface area contributed by atoms with E-state index in [0.717, 1.165) is 0 Å². The lowest BCUT2D eigenvalue weighted by Gasteiger charge is -2.06. The van der Waals surface area contributed by atoms with Crippen LogP contribution in [-0.2, 0) is 4.74 Å². The van der Waals surface area contributed by atoms with Gasteiger partial charge in [0, 0.05) is 6.07 Å². The lowest BCUT2D eigenvalue weighted by Crippen LogP contribution is -2.02. The van der Waals surface area contributed by atoms with Gasteiger partial charge < -0.3 is 14.6 Å². The number of benzene rings is 1. The van der Waals surface area contributed by atoms with Crippen LogP contribution in [0.3, 0.4) is 0 Å². The average molecular weight is 217 g/mol. The topological polar surface area (TPSA) is 55.8 Å². The molecule has 1 rings (SSSR count). The van der Waals surface area contributed by atoms with Crippen LogP contribution in [0.25, 0.3) is 0 Å². The van der Waals surface area contributed by atoms with Gasteiger partial charge in [0.25, 0.3) is 0 Å². The summed E-state index contributed by atoms with van der Waals surface area (Å²) in [6.45, 7) is 0. The molecule has 76 valence electrons. The number of methoxy groups -OCH3 is 2. The standard InChI is InChI=1S/C9H9ClO4/c1-13-8-4-6(10)5(3-7(8)11)9(12)14-2/h3-4,11H,1-2H3. The molecule has 0 aliphatic rings. The van der Waals surface area contributed by atoms with Crippen molar-refractivity contribution in [1.82, 2.24) is 0 Å². The second-order valence-electron chi connectivity index (χ2n) is 2.50. The summed E-state index contributed by atoms with van der Waals surface area (Å²) in [4.78, 5) is 11.1. The Bertz CT molecular complexity index is 362. The zero-order chi connectivity index (χ0) is 10.7. The highest BCUT2D eigenvalue weighted by Crippen LogP contribution is 2.32. The minimum Gasteiger partial charge on any atom is -0.504 e. The first kappa shape index (κ1) is 10.7. The molecule has 0 atom stereocenters. The molecule has 1 aromatic rings. The Kier molecular flexibility index (Phi) is 3.19. The molecule has 0 amide bonds. The molecule has 0 bridgehead atoms. The molecule has 0 unspecified atom stereocenters. The highest BCUT2D eigenvalue weighted by molar-refractivity contribution is 6.33. The fourth-order valence-corrected chi connectivity index (χ4v) is 1.20. The first-order chi connectivity index (χ1) is 6.60. The Morgan fingerprint density at radius 1 is 1.43 bits per heavy atom. The second kappa shape index (κ2) is 4.19. The van der Waals surface area contributed by atoms with Gasteiger partial charge in [0.05, 0.1) is 24.8 Å². The normalized spacial score (nSPS) is 9.64. The number of esters is 1. The van der Waals surface area contributed by atoms with E-state index in [1.54, 1.807) is 0 Å². The summed E-state index contributed by atoms with van der Waals surface area (Å²) in [5.74, 6) is -0.548. The van der Waals surface area contributed by atoms with Crippen LogP contribution in [0.4, 0.5) is 0 Å². The van der Waals surface area contributed by atoms with E-state index in [-0.39, 0.29) is 22.1 Å². The molecule has 0 aliphatic heterocycles. The van der Waals surface area contributed by atoms with Crippen molar-refractivity contribution in [3.63, 3.8) is 0 Å². The van der Waals surface area contributed by atoms with Crippen LogP contribution in [0.5, 0.6) is 11.5 Å². The molecule has 0 aromatic heterocycles. The fraction of sp³-hybridized carbons (Fsp3) is 0.222. The number of carbonyl (C=O) groups excluding carboxylic acids is 1. The molecule has 1 aromatic carbocycles. The van der Waals surface area contributed by atoms with Crippen LogP contribution >= 0.6 is 11.6 Å². The van der Waals surface area contributed by atoms with Gasteiger partial charge >= 0.3 is 5.97 Å². The van der Waals surface area contributed by atoms with Crippen molar-refractivity contribution >= 4 is 17.6 Å². The van der Waals surface area contributed by atoms with Gasteiger partial charge in [0.1, 0.15) is 0 Å². The third kappa shape index (κ3) is 1.90. The highest BCUT2D eigenvalue weighted by Gasteiger charge is 2.14. The fourth-order valence-electron chi connectivity index (χ4n) is 0.973. The number of halogens is 1. The number of hydrogen-bond acceptors (Lipinski definition) is 4. The quantitative estimate of drug-likeness (QED) is 0.767. The molecular formula is C9H9ClO4. The Balaban J connectivity index is 3.21. The predicted octanol–water partition coefficient (Wildman–Crippen LogP) is 1.84. The van der Waals surface area contributed by atoms with E-state index >= 15 is 0 Å². The third-order valence-electron chi connectivity index (χ3n) is 1.67. The van der Waals surface area contributed by atoms with Gasteiger partial charge in [0.15, 0.2) is 11.5 Å². The third-order valence-corrected chi connectivity index (χ3v) is 1.99. The van der Waals surface area contributed by atoms with Crippen LogP contribution in [0, 0.1) is 0 Å². The molecule has 0 saturated carbocycles. The predicted molar refractivity (Wildman–Crippen MR) is 51.0 cm³/mol. The van der Waals surface area contributed by atoms with Crippen molar-refractivity contribution in [3.8, 4) is 11.5 Å². The molecular weight excluding hydrogens is 208 g/mol. The lowest BCUT2D eigenvalue weighted by molar-refractivity contribution is 0.0600. The number of rotatable bonds is 2. The zero-order valence-corrected chi connectivity index (χ0v) is 8.46. The first-order valence-corrected chi connectivity index (χ1v) is 4.12. The highest BCUT2D eigenvalue weighted by atomic mass is 35.5. The van der Waals surface area contributed by atoms with Crippen molar-refractivity contribution in [3.05, 3.63) is 22.7 Å². The van der Waals surface area contributed by atoms with Gasteiger partial charge in [-0.25, -0.2) is 4.79 Å². The van der Waals surface area contributed by atoms with Crippen molar-refractivity contribution in [2.45, 2.75) is 0 Å². The van der Waals surface area contributed by atoms with Crippen LogP contribution in [0.1, 0.15) is 10.4 Å². The van der Waals surface area contributed by atoms with Crippen LogP contribution in [0.15, 0.2) is 12.1 Å². The average Bonchev–Trinajstić information content (AvgIpc) is 2.19. The van der Waals surface area contributed by atoms with Gasteiger partial charge in [0.2, 0.25) is 0 Å². The number of hydrogen-bond donors (Lipinski definition) is 1. The number of phenolic OH excluding ortho intramolecular Hbond substituents is 1. The first-order valence-electron chi connectivity index (χ1n) is 3.75. The lowest BCUT2D eigenvalue weighted by atomic mass is 10.2. The van der Waals surface area contributed by atoms with Gasteiger partial charge in [-0.1, -0.05) is 11.6 Å². The van der Waals surface area contributed by atoms with Crippen molar-refractivity contribution < 1.29 is 19.4 Å². The second-order valence-corrected chi connectivity index (χ2v) is 2.90. The SMILES string of the molecule is COC(=O)c1cc(O)c(OC)cc1Cl. The molecule has 5 heteroatoms. The molecule has 0 radical (unpaired) electrons. The van der Waals surface area contributed by atoms with E-state index in [4.69, 9.17) is 16.3 Å². The van der Waals surface area contributed by atoms with Crippen LogP contribution < -0.4 is 4.74 Å². The van der Waals surface area contributed by atoms with Crippen LogP contribution in [-0.4, -0.2) is 25.3 Å². The number of carbonyl (C=O) groups is 1. The van der Waals surface area contributed by atoms with E-state index < -0.39 is 5.97 Å². The van der Waals surface area contributed by atoms with E-state index in [1.165, 1.54) is 26.4 Å². The summed E-state index contributed by atoms with van der Waals surface area (Å²) in [6.07, 6.45) is 0. The summed E-state index contributed by atoms with van der Waals surface area (Å²) in [5.41, 5.74) is 0.104. The van der Waals surface area contributed by atoms with Crippen LogP contribution in [0.2, 0.25) is 5.02 Å². The Labute approximate surface area is 86.0 Å². The van der Waals surface area contributed by atoms with E-state index in [2.05, 4.69) is 4.74 Å². The van der Waals surface area contributed by atoms with Crippen molar-refractivity contribution in [1.29, 1.82) is 0 Å². The number of aromatic hydroxyl groups is 1. The van der Waals surface area contributed by atoms with E-state index in [9.17, 15) is 9.90 Å². The minimum absolute atomic E-state index is 0.104. The Hall–Kier alpha value is -1.42. The number of ether oxygens (including phenoxy) is 2. The largest absolute Gasteiger partial charge is 0.504 e. The molecule has 1 N–H and O–H groups in total. The Morgan fingerprint density at radius 2 is 2.07 bits per heavy atom. The number of phenols is 1. The maximum atomic E-state index is 11.1. The summed E-state index contributed by atoms with van der Waals surface area (Å²) in [7, 11) is 2.63. The van der Waals surface area contributed by atoms with E-state index in [1.807, 2.05) is 0 Å². The van der Waals surface area contributed by atoms with Gasteiger partial charge in [-0.2, -0.15) is 0 Å². The Morgan fingerprint density at radius 3 is 2.57 bits per heavy atom. The zero-order valence-electron chi connectivity index (χ0n) is 7.70. The smallest absolute Gasteiger partial charge is 0.339 e. The molecule has 14 heavy (non-hydrogen) atoms. The summed E-state index contributed by atoms with van der Waals surface area (Å²) < 4.78 is 9.28. The molecule has 0 spiro atoms.